The molecule has 1 saturated carbocycles. The second-order valence-corrected chi connectivity index (χ2v) is 13.5. The molecule has 4 nitrogen and oxygen atoms in total. The van der Waals surface area contributed by atoms with Crippen molar-refractivity contribution in [2.75, 3.05) is 6.61 Å². The molecule has 1 saturated heterocycles. The summed E-state index contributed by atoms with van der Waals surface area (Å²) in [6, 6.07) is 0. The van der Waals surface area contributed by atoms with Crippen molar-refractivity contribution in [3.8, 4) is 0 Å². The van der Waals surface area contributed by atoms with Crippen LogP contribution in [0.25, 0.3) is 0 Å². The van der Waals surface area contributed by atoms with Crippen LogP contribution in [0, 0.1) is 11.8 Å². The van der Waals surface area contributed by atoms with Crippen LogP contribution in [0.5, 0.6) is 0 Å². The van der Waals surface area contributed by atoms with Crippen LogP contribution >= 0.6 is 0 Å². The van der Waals surface area contributed by atoms with Gasteiger partial charge in [0, 0.05) is 24.9 Å². The van der Waals surface area contributed by atoms with Crippen molar-refractivity contribution in [1.82, 2.24) is 0 Å². The molecule has 2 aliphatic rings. The van der Waals surface area contributed by atoms with Crippen molar-refractivity contribution in [2.24, 2.45) is 11.8 Å². The molecule has 2 rings (SSSR count). The Morgan fingerprint density at radius 2 is 1.73 bits per heavy atom. The van der Waals surface area contributed by atoms with Crippen molar-refractivity contribution in [3.63, 3.8) is 0 Å². The predicted molar refractivity (Wildman–Crippen MR) is 89.1 cm³/mol. The van der Waals surface area contributed by atoms with E-state index in [1.807, 2.05) is 0 Å². The largest absolute Gasteiger partial charge is 0.462 e. The van der Waals surface area contributed by atoms with Gasteiger partial charge in [0.25, 0.3) is 0 Å². The molecule has 0 aromatic heterocycles. The van der Waals surface area contributed by atoms with Gasteiger partial charge in [-0.15, -0.1) is 0 Å². The van der Waals surface area contributed by atoms with E-state index in [0.717, 1.165) is 0 Å². The monoisotopic (exact) mass is 328 g/mol. The number of rotatable bonds is 6. The number of hydrogen-bond donors (Lipinski definition) is 1. The van der Waals surface area contributed by atoms with Crippen molar-refractivity contribution >= 4 is 14.3 Å². The molecule has 1 heterocycles. The molecule has 2 unspecified atom stereocenters. The topological polar surface area (TPSA) is 55.8 Å². The Morgan fingerprint density at radius 3 is 2.23 bits per heavy atom. The van der Waals surface area contributed by atoms with Crippen LogP contribution in [-0.4, -0.2) is 38.2 Å². The quantitative estimate of drug-likeness (QED) is 0.599. The van der Waals surface area contributed by atoms with Gasteiger partial charge in [0.1, 0.15) is 6.10 Å². The van der Waals surface area contributed by atoms with Gasteiger partial charge >= 0.3 is 5.97 Å². The van der Waals surface area contributed by atoms with Crippen molar-refractivity contribution in [2.45, 2.75) is 83.2 Å². The van der Waals surface area contributed by atoms with Crippen molar-refractivity contribution in [3.05, 3.63) is 0 Å². The lowest BCUT2D eigenvalue weighted by molar-refractivity contribution is -0.141. The van der Waals surface area contributed by atoms with E-state index in [2.05, 4.69) is 41.5 Å². The molecule has 0 aromatic rings. The fraction of sp³-hybridized carbons (Fsp3) is 0.941. The van der Waals surface area contributed by atoms with Crippen LogP contribution in [0.3, 0.4) is 0 Å². The van der Waals surface area contributed by atoms with Gasteiger partial charge < -0.3 is 14.3 Å². The predicted octanol–water partition coefficient (Wildman–Crippen LogP) is 3.49. The number of fused-ring (bicyclic) bond motifs is 1. The summed E-state index contributed by atoms with van der Waals surface area (Å²) in [6.45, 7) is 14.2. The van der Waals surface area contributed by atoms with Crippen LogP contribution < -0.4 is 0 Å². The zero-order valence-corrected chi connectivity index (χ0v) is 15.8. The van der Waals surface area contributed by atoms with E-state index in [1.54, 1.807) is 0 Å². The van der Waals surface area contributed by atoms with Crippen molar-refractivity contribution in [1.29, 1.82) is 0 Å². The van der Waals surface area contributed by atoms with Gasteiger partial charge in [-0.2, -0.15) is 0 Å². The Morgan fingerprint density at radius 1 is 1.18 bits per heavy atom. The Labute approximate surface area is 135 Å². The molecule has 0 amide bonds. The second kappa shape index (κ2) is 6.61. The highest BCUT2D eigenvalue weighted by molar-refractivity contribution is 6.77. The van der Waals surface area contributed by atoms with E-state index < -0.39 is 14.4 Å². The standard InChI is InChI=1S/C17H32O4Si/c1-10(2)22(11(3)4,12(5)6)20-9-14-13-7-17(19)21-16(13)8-15(14)18/h10-16,18H,7-9H2,1-6H3/t13-,14-,15?,16?/m1/s1. The first-order valence-electron chi connectivity index (χ1n) is 8.71. The summed E-state index contributed by atoms with van der Waals surface area (Å²) >= 11 is 0. The zero-order valence-electron chi connectivity index (χ0n) is 14.8. The highest BCUT2D eigenvalue weighted by atomic mass is 28.4. The van der Waals surface area contributed by atoms with Crippen LogP contribution in [-0.2, 0) is 14.0 Å². The molecule has 0 aromatic carbocycles. The average Bonchev–Trinajstić information content (AvgIpc) is 2.85. The molecule has 0 bridgehead atoms. The molecule has 1 aliphatic heterocycles. The van der Waals surface area contributed by atoms with Gasteiger partial charge in [0.15, 0.2) is 8.32 Å². The van der Waals surface area contributed by atoms with E-state index in [9.17, 15) is 9.90 Å². The van der Waals surface area contributed by atoms with Crippen LogP contribution in [0.4, 0.5) is 0 Å². The van der Waals surface area contributed by atoms with Crippen LogP contribution in [0.2, 0.25) is 16.6 Å². The zero-order chi connectivity index (χ0) is 16.7. The number of hydrogen-bond acceptors (Lipinski definition) is 4. The number of carbonyl (C=O) groups excluding carboxylic acids is 1. The molecule has 128 valence electrons. The number of esters is 1. The lowest BCUT2D eigenvalue weighted by atomic mass is 9.93. The van der Waals surface area contributed by atoms with Gasteiger partial charge in [-0.25, -0.2) is 0 Å². The molecule has 0 radical (unpaired) electrons. The van der Waals surface area contributed by atoms with E-state index in [1.165, 1.54) is 0 Å². The third kappa shape index (κ3) is 3.00. The highest BCUT2D eigenvalue weighted by Crippen LogP contribution is 2.45. The first-order chi connectivity index (χ1) is 10.2. The summed E-state index contributed by atoms with van der Waals surface area (Å²) in [5, 5.41) is 10.3. The van der Waals surface area contributed by atoms with Crippen LogP contribution in [0.1, 0.15) is 54.4 Å². The Balaban J connectivity index is 2.10. The van der Waals surface area contributed by atoms with E-state index in [4.69, 9.17) is 9.16 Å². The SMILES string of the molecule is CC(C)[Si](OC[C@H]1C(O)CC2OC(=O)C[C@@H]21)(C(C)C)C(C)C. The summed E-state index contributed by atoms with van der Waals surface area (Å²) in [5.41, 5.74) is 1.59. The Kier molecular flexibility index (Phi) is 5.40. The van der Waals surface area contributed by atoms with Gasteiger partial charge in [0.05, 0.1) is 12.5 Å². The first-order valence-corrected chi connectivity index (χ1v) is 10.9. The third-order valence-electron chi connectivity index (χ3n) is 5.91. The van der Waals surface area contributed by atoms with Crippen LogP contribution in [0.15, 0.2) is 0 Å². The Hall–Kier alpha value is -0.393. The molecule has 1 aliphatic carbocycles. The maximum absolute atomic E-state index is 11.5. The number of aliphatic hydroxyl groups excluding tert-OH is 1. The minimum Gasteiger partial charge on any atom is -0.462 e. The van der Waals surface area contributed by atoms with Gasteiger partial charge in [-0.3, -0.25) is 4.79 Å². The molecular formula is C17H32O4Si. The fourth-order valence-corrected chi connectivity index (χ4v) is 10.4. The molecule has 5 heteroatoms. The maximum atomic E-state index is 11.5. The molecule has 1 N–H and O–H groups in total. The summed E-state index contributed by atoms with van der Waals surface area (Å²) in [7, 11) is -1.92. The van der Waals surface area contributed by atoms with Crippen molar-refractivity contribution < 1.29 is 19.1 Å². The molecule has 22 heavy (non-hydrogen) atoms. The minimum absolute atomic E-state index is 0.0413. The van der Waals surface area contributed by atoms with E-state index >= 15 is 0 Å². The molecule has 2 fully saturated rings. The van der Waals surface area contributed by atoms with Gasteiger partial charge in [-0.05, 0) is 16.6 Å². The summed E-state index contributed by atoms with van der Waals surface area (Å²) in [5.74, 6) is 0.0623. The fourth-order valence-electron chi connectivity index (χ4n) is 4.95. The Bertz CT molecular complexity index is 386. The smallest absolute Gasteiger partial charge is 0.306 e. The number of aliphatic hydroxyl groups is 1. The molecule has 4 atom stereocenters. The lowest BCUT2D eigenvalue weighted by Crippen LogP contribution is -2.49. The summed E-state index contributed by atoms with van der Waals surface area (Å²) in [6.07, 6.45) is 0.518. The van der Waals surface area contributed by atoms with E-state index in [0.29, 0.717) is 36.1 Å². The minimum atomic E-state index is -1.92. The summed E-state index contributed by atoms with van der Waals surface area (Å²) < 4.78 is 11.9. The normalized spacial score (nSPS) is 32.2. The first kappa shape index (κ1) is 18.0. The maximum Gasteiger partial charge on any atom is 0.306 e. The second-order valence-electron chi connectivity index (χ2n) is 7.99. The van der Waals surface area contributed by atoms with Gasteiger partial charge in [0.2, 0.25) is 0 Å². The lowest BCUT2D eigenvalue weighted by Gasteiger charge is -2.43. The number of carbonyl (C=O) groups is 1. The van der Waals surface area contributed by atoms with Gasteiger partial charge in [-0.1, -0.05) is 41.5 Å². The highest BCUT2D eigenvalue weighted by Gasteiger charge is 2.52. The molecular weight excluding hydrogens is 296 g/mol. The van der Waals surface area contributed by atoms with E-state index in [-0.39, 0.29) is 23.9 Å². The molecule has 0 spiro atoms. The average molecular weight is 329 g/mol. The number of ether oxygens (including phenoxy) is 1. The third-order valence-corrected chi connectivity index (χ3v) is 12.0. The summed E-state index contributed by atoms with van der Waals surface area (Å²) in [4.78, 5) is 11.5.